The van der Waals surface area contributed by atoms with E-state index in [0.29, 0.717) is 12.1 Å². The number of nitrogens with zero attached hydrogens (tertiary/aromatic N) is 2. The molecule has 1 N–H and O–H groups in total. The molecule has 0 radical (unpaired) electrons. The summed E-state index contributed by atoms with van der Waals surface area (Å²) in [5, 5.41) is 2.93. The first-order chi connectivity index (χ1) is 9.83. The van der Waals surface area contributed by atoms with Crippen molar-refractivity contribution in [1.29, 1.82) is 0 Å². The van der Waals surface area contributed by atoms with Crippen LogP contribution >= 0.6 is 0 Å². The van der Waals surface area contributed by atoms with Crippen LogP contribution in [0.15, 0.2) is 48.5 Å². The van der Waals surface area contributed by atoms with Gasteiger partial charge >= 0.3 is 123 Å². The molecule has 0 aliphatic rings. The number of aromatic nitrogens is 2. The van der Waals surface area contributed by atoms with Crippen molar-refractivity contribution >= 4 is 31.9 Å². The van der Waals surface area contributed by atoms with Crippen molar-refractivity contribution < 1.29 is 4.79 Å². The molecule has 2 aromatic carbocycles. The van der Waals surface area contributed by atoms with Crippen molar-refractivity contribution in [2.24, 2.45) is 0 Å². The molecule has 100 valence electrons. The third kappa shape index (κ3) is 2.95. The Balaban J connectivity index is 1.61. The fourth-order valence-electron chi connectivity index (χ4n) is 1.99. The minimum atomic E-state index is -0.0571. The van der Waals surface area contributed by atoms with Crippen LogP contribution in [-0.2, 0) is 6.42 Å². The number of carbonyl (C=O) groups excluding carboxylic acids is 1. The monoisotopic (exact) mass is 331 g/mol. The normalized spacial score (nSPS) is 10.6. The summed E-state index contributed by atoms with van der Waals surface area (Å²) in [4.78, 5) is 12.1. The molecular weight excluding hydrogens is 317 g/mol. The van der Waals surface area contributed by atoms with Crippen LogP contribution in [0.3, 0.4) is 0 Å². The Hall–Kier alpha value is -1.97. The van der Waals surface area contributed by atoms with E-state index < -0.39 is 0 Å². The summed E-state index contributed by atoms with van der Waals surface area (Å²) in [5.41, 5.74) is 3.60. The molecule has 0 saturated carbocycles. The molecule has 0 aliphatic carbocycles. The molecule has 0 unspecified atom stereocenters. The molecule has 3 rings (SSSR count). The van der Waals surface area contributed by atoms with Gasteiger partial charge in [0.2, 0.25) is 0 Å². The van der Waals surface area contributed by atoms with Gasteiger partial charge in [-0.2, -0.15) is 0 Å². The van der Waals surface area contributed by atoms with Crippen LogP contribution in [0.4, 0.5) is 0 Å². The first-order valence-electron chi connectivity index (χ1n) is 6.37. The molecule has 1 heterocycles. The first-order valence-corrected chi connectivity index (χ1v) is 7.90. The molecule has 4 nitrogen and oxygen atoms in total. The van der Waals surface area contributed by atoms with Gasteiger partial charge in [-0.1, -0.05) is 0 Å². The molecule has 0 spiro atoms. The fourth-order valence-corrected chi connectivity index (χ4v) is 3.08. The fraction of sp³-hybridized carbons (Fsp3) is 0.133. The summed E-state index contributed by atoms with van der Waals surface area (Å²) in [6.07, 6.45) is 0.834. The van der Waals surface area contributed by atoms with Gasteiger partial charge in [-0.3, -0.25) is 0 Å². The Morgan fingerprint density at radius 1 is 1.05 bits per heavy atom. The van der Waals surface area contributed by atoms with Crippen molar-refractivity contribution in [1.82, 2.24) is 13.3 Å². The summed E-state index contributed by atoms with van der Waals surface area (Å²) in [7, 11) is 0. The molecule has 3 aromatic rings. The zero-order chi connectivity index (χ0) is 13.8. The molecule has 20 heavy (non-hydrogen) atoms. The summed E-state index contributed by atoms with van der Waals surface area (Å²) in [6.45, 7) is 0.630. The Kier molecular flexibility index (Phi) is 3.90. The van der Waals surface area contributed by atoms with Crippen LogP contribution in [0.5, 0.6) is 0 Å². The van der Waals surface area contributed by atoms with Gasteiger partial charge in [0.25, 0.3) is 0 Å². The SMILES string of the molecule is O=C(NCCc1ccccc1)c1ccc2n[se]nc2c1. The van der Waals surface area contributed by atoms with Crippen molar-refractivity contribution in [3.63, 3.8) is 0 Å². The Morgan fingerprint density at radius 3 is 2.70 bits per heavy atom. The van der Waals surface area contributed by atoms with Crippen molar-refractivity contribution in [3.05, 3.63) is 59.7 Å². The van der Waals surface area contributed by atoms with Gasteiger partial charge in [0.05, 0.1) is 0 Å². The van der Waals surface area contributed by atoms with E-state index in [1.807, 2.05) is 30.3 Å². The van der Waals surface area contributed by atoms with Crippen LogP contribution in [0.25, 0.3) is 11.0 Å². The maximum absolute atomic E-state index is 12.1. The zero-order valence-corrected chi connectivity index (χ0v) is 12.5. The van der Waals surface area contributed by atoms with Gasteiger partial charge in [-0.05, 0) is 0 Å². The van der Waals surface area contributed by atoms with Gasteiger partial charge < -0.3 is 0 Å². The van der Waals surface area contributed by atoms with E-state index in [4.69, 9.17) is 0 Å². The molecular formula is C15H13N3OSe. The quantitative estimate of drug-likeness (QED) is 0.740. The van der Waals surface area contributed by atoms with Gasteiger partial charge in [-0.15, -0.1) is 0 Å². The van der Waals surface area contributed by atoms with Crippen LogP contribution in [-0.4, -0.2) is 35.4 Å². The van der Waals surface area contributed by atoms with Crippen LogP contribution in [0, 0.1) is 0 Å². The van der Waals surface area contributed by atoms with Gasteiger partial charge in [0, 0.05) is 0 Å². The second-order valence-corrected chi connectivity index (χ2v) is 5.57. The predicted molar refractivity (Wildman–Crippen MR) is 79.0 cm³/mol. The van der Waals surface area contributed by atoms with E-state index >= 15 is 0 Å². The maximum atomic E-state index is 12.1. The average Bonchev–Trinajstić information content (AvgIpc) is 2.95. The number of nitrogens with one attached hydrogen (secondary N) is 1. The second-order valence-electron chi connectivity index (χ2n) is 4.46. The average molecular weight is 330 g/mol. The van der Waals surface area contributed by atoms with Crippen LogP contribution < -0.4 is 5.32 Å². The topological polar surface area (TPSA) is 54.9 Å². The summed E-state index contributed by atoms with van der Waals surface area (Å²) in [5.74, 6) is -0.0571. The summed E-state index contributed by atoms with van der Waals surface area (Å²) >= 11 is -0.0509. The molecule has 0 atom stereocenters. The molecule has 0 aliphatic heterocycles. The van der Waals surface area contributed by atoms with Crippen LogP contribution in [0.1, 0.15) is 15.9 Å². The van der Waals surface area contributed by atoms with E-state index in [0.717, 1.165) is 17.5 Å². The summed E-state index contributed by atoms with van der Waals surface area (Å²) < 4.78 is 8.55. The number of hydrogen-bond donors (Lipinski definition) is 1. The van der Waals surface area contributed by atoms with E-state index in [9.17, 15) is 4.79 Å². The third-order valence-corrected chi connectivity index (χ3v) is 4.23. The minimum absolute atomic E-state index is 0.0509. The number of benzene rings is 2. The molecule has 1 aromatic heterocycles. The first kappa shape index (κ1) is 13.0. The number of amides is 1. The standard InChI is InChI=1S/C15H13N3OSe/c19-15(16-9-8-11-4-2-1-3-5-11)12-6-7-13-14(10-12)18-20-17-13/h1-7,10H,8-9H2,(H,16,19). The van der Waals surface area contributed by atoms with Crippen molar-refractivity contribution in [3.8, 4) is 0 Å². The summed E-state index contributed by atoms with van der Waals surface area (Å²) in [6, 6.07) is 15.6. The Morgan fingerprint density at radius 2 is 1.85 bits per heavy atom. The van der Waals surface area contributed by atoms with E-state index in [1.54, 1.807) is 6.07 Å². The molecule has 5 heteroatoms. The number of hydrogen-bond acceptors (Lipinski definition) is 3. The molecule has 1 amide bonds. The number of rotatable bonds is 4. The number of carbonyl (C=O) groups is 1. The third-order valence-electron chi connectivity index (χ3n) is 3.06. The Bertz CT molecular complexity index is 724. The molecule has 0 fully saturated rings. The van der Waals surface area contributed by atoms with Crippen LogP contribution in [0.2, 0.25) is 0 Å². The van der Waals surface area contributed by atoms with Crippen molar-refractivity contribution in [2.75, 3.05) is 6.54 Å². The Labute approximate surface area is 123 Å². The van der Waals surface area contributed by atoms with Gasteiger partial charge in [0.1, 0.15) is 0 Å². The number of fused-ring (bicyclic) bond motifs is 1. The predicted octanol–water partition coefficient (Wildman–Crippen LogP) is 1.66. The van der Waals surface area contributed by atoms with Gasteiger partial charge in [0.15, 0.2) is 0 Å². The molecule has 0 saturated heterocycles. The zero-order valence-electron chi connectivity index (χ0n) is 10.7. The van der Waals surface area contributed by atoms with E-state index in [-0.39, 0.29) is 20.9 Å². The van der Waals surface area contributed by atoms with Crippen molar-refractivity contribution in [2.45, 2.75) is 6.42 Å². The molecule has 0 bridgehead atoms. The van der Waals surface area contributed by atoms with E-state index in [2.05, 4.69) is 25.4 Å². The second kappa shape index (κ2) is 5.99. The van der Waals surface area contributed by atoms with Gasteiger partial charge in [-0.25, -0.2) is 0 Å². The van der Waals surface area contributed by atoms with E-state index in [1.165, 1.54) is 5.56 Å².